The summed E-state index contributed by atoms with van der Waals surface area (Å²) in [7, 11) is 0. The van der Waals surface area contributed by atoms with Crippen LogP contribution in [0.1, 0.15) is 28.9 Å². The molecule has 2 amide bonds. The topological polar surface area (TPSA) is 52.7 Å². The number of hydrogen-bond acceptors (Lipinski definition) is 3. The molecule has 1 N–H and O–H groups in total. The molecule has 0 spiro atoms. The number of rotatable bonds is 5. The van der Waals surface area contributed by atoms with Crippen LogP contribution >= 0.6 is 11.6 Å². The highest BCUT2D eigenvalue weighted by molar-refractivity contribution is 6.31. The highest BCUT2D eigenvalue weighted by atomic mass is 35.5. The second kappa shape index (κ2) is 9.02. The van der Waals surface area contributed by atoms with Crippen molar-refractivity contribution in [2.45, 2.75) is 13.0 Å². The Morgan fingerprint density at radius 3 is 2.30 bits per heavy atom. The molecule has 0 saturated carbocycles. The first-order valence-electron chi connectivity index (χ1n) is 9.15. The number of carbonyl (C=O) groups excluding carboxylic acids is 2. The van der Waals surface area contributed by atoms with Crippen LogP contribution in [0.2, 0.25) is 5.02 Å². The average molecular weight is 386 g/mol. The van der Waals surface area contributed by atoms with Gasteiger partial charge in [0.15, 0.2) is 0 Å². The van der Waals surface area contributed by atoms with E-state index in [1.54, 1.807) is 0 Å². The zero-order valence-electron chi connectivity index (χ0n) is 15.4. The van der Waals surface area contributed by atoms with Crippen LogP contribution in [-0.4, -0.2) is 54.3 Å². The van der Waals surface area contributed by atoms with Crippen molar-refractivity contribution in [1.82, 2.24) is 15.1 Å². The summed E-state index contributed by atoms with van der Waals surface area (Å²) in [5, 5.41) is 3.65. The number of benzene rings is 2. The zero-order chi connectivity index (χ0) is 19.2. The number of nitrogens with zero attached hydrogens (tertiary/aromatic N) is 2. The highest BCUT2D eigenvalue weighted by Crippen LogP contribution is 2.22. The highest BCUT2D eigenvalue weighted by Gasteiger charge is 2.23. The first kappa shape index (κ1) is 19.4. The molecule has 5 nitrogen and oxygen atoms in total. The van der Waals surface area contributed by atoms with Gasteiger partial charge in [0.2, 0.25) is 5.91 Å². The monoisotopic (exact) mass is 385 g/mol. The summed E-state index contributed by atoms with van der Waals surface area (Å²) < 4.78 is 0. The summed E-state index contributed by atoms with van der Waals surface area (Å²) in [6.45, 7) is 4.87. The van der Waals surface area contributed by atoms with E-state index in [2.05, 4.69) is 10.2 Å². The first-order chi connectivity index (χ1) is 13.0. The fourth-order valence-corrected chi connectivity index (χ4v) is 3.57. The number of nitrogens with one attached hydrogen (secondary N) is 1. The lowest BCUT2D eigenvalue weighted by Crippen LogP contribution is -2.51. The molecule has 0 aromatic heterocycles. The molecule has 3 rings (SSSR count). The van der Waals surface area contributed by atoms with Crippen molar-refractivity contribution in [3.05, 3.63) is 70.7 Å². The molecule has 2 aromatic rings. The normalized spacial score (nSPS) is 16.0. The van der Waals surface area contributed by atoms with Crippen molar-refractivity contribution >= 4 is 23.4 Å². The Labute approximate surface area is 164 Å². The van der Waals surface area contributed by atoms with E-state index in [4.69, 9.17) is 11.6 Å². The molecule has 1 saturated heterocycles. The molecule has 27 heavy (non-hydrogen) atoms. The molecular weight excluding hydrogens is 362 g/mol. The minimum absolute atomic E-state index is 0.0368. The lowest BCUT2D eigenvalue weighted by Gasteiger charge is -2.34. The summed E-state index contributed by atoms with van der Waals surface area (Å²) in [5.74, 6) is 0.0114. The fourth-order valence-electron chi connectivity index (χ4n) is 3.27. The van der Waals surface area contributed by atoms with Gasteiger partial charge in [0.25, 0.3) is 5.91 Å². The van der Waals surface area contributed by atoms with Gasteiger partial charge in [0.1, 0.15) is 0 Å². The van der Waals surface area contributed by atoms with E-state index in [1.165, 1.54) is 0 Å². The summed E-state index contributed by atoms with van der Waals surface area (Å²) in [6, 6.07) is 16.7. The fraction of sp³-hybridized carbons (Fsp3) is 0.333. The van der Waals surface area contributed by atoms with Crippen LogP contribution in [0, 0.1) is 0 Å². The van der Waals surface area contributed by atoms with Crippen molar-refractivity contribution in [3.63, 3.8) is 0 Å². The van der Waals surface area contributed by atoms with E-state index in [0.29, 0.717) is 43.3 Å². The third kappa shape index (κ3) is 5.08. The molecule has 1 heterocycles. The van der Waals surface area contributed by atoms with E-state index >= 15 is 0 Å². The minimum atomic E-state index is -0.146. The van der Waals surface area contributed by atoms with Gasteiger partial charge in [-0.15, -0.1) is 0 Å². The summed E-state index contributed by atoms with van der Waals surface area (Å²) >= 11 is 6.19. The quantitative estimate of drug-likeness (QED) is 0.860. The standard InChI is InChI=1S/C21H24ClN3O2/c1-16(18-9-5-6-10-19(18)22)23-20(26)15-24-11-13-25(14-12-24)21(27)17-7-3-2-4-8-17/h2-10,16H,11-15H2,1H3,(H,23,26)/t16-/m0/s1. The Bertz CT molecular complexity index is 789. The largest absolute Gasteiger partial charge is 0.348 e. The lowest BCUT2D eigenvalue weighted by molar-refractivity contribution is -0.123. The van der Waals surface area contributed by atoms with Crippen LogP contribution in [0.25, 0.3) is 0 Å². The predicted molar refractivity (Wildman–Crippen MR) is 107 cm³/mol. The molecule has 0 unspecified atom stereocenters. The van der Waals surface area contributed by atoms with E-state index in [1.807, 2.05) is 66.4 Å². The van der Waals surface area contributed by atoms with Crippen LogP contribution in [0.5, 0.6) is 0 Å². The van der Waals surface area contributed by atoms with E-state index < -0.39 is 0 Å². The molecule has 142 valence electrons. The van der Waals surface area contributed by atoms with Crippen molar-refractivity contribution in [3.8, 4) is 0 Å². The summed E-state index contributed by atoms with van der Waals surface area (Å²) in [5.41, 5.74) is 1.61. The zero-order valence-corrected chi connectivity index (χ0v) is 16.2. The Morgan fingerprint density at radius 2 is 1.63 bits per heavy atom. The minimum Gasteiger partial charge on any atom is -0.348 e. The van der Waals surface area contributed by atoms with Gasteiger partial charge in [0, 0.05) is 36.8 Å². The van der Waals surface area contributed by atoms with Crippen molar-refractivity contribution in [2.75, 3.05) is 32.7 Å². The predicted octanol–water partition coefficient (Wildman–Crippen LogP) is 2.98. The molecule has 2 aromatic carbocycles. The molecule has 1 aliphatic rings. The average Bonchev–Trinajstić information content (AvgIpc) is 2.69. The van der Waals surface area contributed by atoms with E-state index in [-0.39, 0.29) is 17.9 Å². The molecule has 1 fully saturated rings. The molecule has 1 atom stereocenters. The smallest absolute Gasteiger partial charge is 0.253 e. The van der Waals surface area contributed by atoms with Crippen LogP contribution in [-0.2, 0) is 4.79 Å². The van der Waals surface area contributed by atoms with Gasteiger partial charge in [-0.2, -0.15) is 0 Å². The van der Waals surface area contributed by atoms with Gasteiger partial charge in [-0.3, -0.25) is 14.5 Å². The van der Waals surface area contributed by atoms with Crippen LogP contribution in [0.15, 0.2) is 54.6 Å². The van der Waals surface area contributed by atoms with Crippen molar-refractivity contribution < 1.29 is 9.59 Å². The maximum atomic E-state index is 12.5. The van der Waals surface area contributed by atoms with E-state index in [9.17, 15) is 9.59 Å². The number of amides is 2. The Morgan fingerprint density at radius 1 is 1.00 bits per heavy atom. The molecule has 1 aliphatic heterocycles. The molecule has 0 radical (unpaired) electrons. The van der Waals surface area contributed by atoms with Gasteiger partial charge in [-0.1, -0.05) is 48.0 Å². The Hall–Kier alpha value is -2.37. The second-order valence-corrected chi connectivity index (χ2v) is 7.15. The van der Waals surface area contributed by atoms with Gasteiger partial charge in [-0.25, -0.2) is 0 Å². The summed E-state index contributed by atoms with van der Waals surface area (Å²) in [4.78, 5) is 28.8. The maximum Gasteiger partial charge on any atom is 0.253 e. The number of halogens is 1. The molecule has 0 aliphatic carbocycles. The first-order valence-corrected chi connectivity index (χ1v) is 9.53. The molecule has 0 bridgehead atoms. The molecular formula is C21H24ClN3O2. The SMILES string of the molecule is C[C@H](NC(=O)CN1CCN(C(=O)c2ccccc2)CC1)c1ccccc1Cl. The Kier molecular flexibility index (Phi) is 6.48. The lowest BCUT2D eigenvalue weighted by atomic mass is 10.1. The van der Waals surface area contributed by atoms with Crippen LogP contribution in [0.4, 0.5) is 0 Å². The maximum absolute atomic E-state index is 12.5. The van der Waals surface area contributed by atoms with Crippen molar-refractivity contribution in [2.24, 2.45) is 0 Å². The summed E-state index contributed by atoms with van der Waals surface area (Å²) in [6.07, 6.45) is 0. The Balaban J connectivity index is 1.47. The van der Waals surface area contributed by atoms with Gasteiger partial charge >= 0.3 is 0 Å². The third-order valence-corrected chi connectivity index (χ3v) is 5.14. The van der Waals surface area contributed by atoms with Gasteiger partial charge < -0.3 is 10.2 Å². The number of carbonyl (C=O) groups is 2. The van der Waals surface area contributed by atoms with Gasteiger partial charge in [0.05, 0.1) is 12.6 Å². The molecule has 6 heteroatoms. The van der Waals surface area contributed by atoms with Crippen LogP contribution in [0.3, 0.4) is 0 Å². The van der Waals surface area contributed by atoms with Crippen LogP contribution < -0.4 is 5.32 Å². The second-order valence-electron chi connectivity index (χ2n) is 6.75. The number of hydrogen-bond donors (Lipinski definition) is 1. The van der Waals surface area contributed by atoms with Gasteiger partial charge in [-0.05, 0) is 30.7 Å². The van der Waals surface area contributed by atoms with E-state index in [0.717, 1.165) is 5.56 Å². The number of piperazine rings is 1. The van der Waals surface area contributed by atoms with Crippen molar-refractivity contribution in [1.29, 1.82) is 0 Å². The third-order valence-electron chi connectivity index (χ3n) is 4.80.